The molecule has 1 N–H and O–H groups in total. The van der Waals surface area contributed by atoms with Gasteiger partial charge in [-0.15, -0.1) is 0 Å². The van der Waals surface area contributed by atoms with Crippen molar-refractivity contribution in [3.63, 3.8) is 0 Å². The molecule has 7 nitrogen and oxygen atoms in total. The molecule has 0 bridgehead atoms. The average molecular weight is 503 g/mol. The van der Waals surface area contributed by atoms with E-state index < -0.39 is 10.8 Å². The molecule has 0 radical (unpaired) electrons. The molecule has 0 spiro atoms. The summed E-state index contributed by atoms with van der Waals surface area (Å²) in [7, 11) is 1.03. The molecule has 0 saturated carbocycles. The zero-order chi connectivity index (χ0) is 24.7. The van der Waals surface area contributed by atoms with Gasteiger partial charge in [0, 0.05) is 53.0 Å². The van der Waals surface area contributed by atoms with E-state index in [1.54, 1.807) is 13.4 Å². The van der Waals surface area contributed by atoms with Crippen LogP contribution in [0.25, 0.3) is 10.9 Å². The summed E-state index contributed by atoms with van der Waals surface area (Å²) in [5.41, 5.74) is 4.02. The average Bonchev–Trinajstić information content (AvgIpc) is 2.92. The van der Waals surface area contributed by atoms with Crippen LogP contribution in [0.3, 0.4) is 0 Å². The molecule has 5 rings (SSSR count). The van der Waals surface area contributed by atoms with Crippen LogP contribution in [0.4, 0.5) is 11.5 Å². The monoisotopic (exact) mass is 502 g/mol. The predicted molar refractivity (Wildman–Crippen MR) is 145 cm³/mol. The number of ether oxygens (including phenoxy) is 2. The van der Waals surface area contributed by atoms with Gasteiger partial charge in [-0.3, -0.25) is 4.21 Å². The highest BCUT2D eigenvalue weighted by Gasteiger charge is 2.16. The van der Waals surface area contributed by atoms with E-state index in [9.17, 15) is 4.21 Å². The minimum atomic E-state index is -0.661. The van der Waals surface area contributed by atoms with Crippen molar-refractivity contribution in [1.82, 2.24) is 14.9 Å². The molecule has 2 heterocycles. The van der Waals surface area contributed by atoms with E-state index in [-0.39, 0.29) is 0 Å². The van der Waals surface area contributed by atoms with Crippen molar-refractivity contribution in [1.29, 1.82) is 0 Å². The van der Waals surface area contributed by atoms with Gasteiger partial charge in [0.2, 0.25) is 0 Å². The number of benzene rings is 3. The third-order valence-electron chi connectivity index (χ3n) is 6.37. The molecule has 1 aromatic heterocycles. The predicted octanol–water partition coefficient (Wildman–Crippen LogP) is 4.57. The standard InChI is InChI=1S/C28H30N4O3S/c1-34-27-18-25-26(17-22(27)11-12-32-13-15-36(33)16-14-32)29-20-30-28(25)31-23-7-9-24(10-8-23)35-19-21-5-3-2-4-6-21/h2-10,17-18,20H,11-16,19H2,1H3,(H,29,30,31). The largest absolute Gasteiger partial charge is 0.496 e. The van der Waals surface area contributed by atoms with Gasteiger partial charge < -0.3 is 19.7 Å². The smallest absolute Gasteiger partial charge is 0.141 e. The Morgan fingerprint density at radius 2 is 1.78 bits per heavy atom. The van der Waals surface area contributed by atoms with E-state index >= 15 is 0 Å². The SMILES string of the molecule is COc1cc2c(Nc3ccc(OCc4ccccc4)cc3)ncnc2cc1CCN1CCS(=O)CC1. The minimum absolute atomic E-state index is 0.531. The van der Waals surface area contributed by atoms with Crippen LogP contribution in [-0.2, 0) is 23.8 Å². The summed E-state index contributed by atoms with van der Waals surface area (Å²) in [6, 6.07) is 22.1. The zero-order valence-electron chi connectivity index (χ0n) is 20.4. The molecule has 0 unspecified atom stereocenters. The molecule has 1 aliphatic heterocycles. The van der Waals surface area contributed by atoms with Crippen LogP contribution < -0.4 is 14.8 Å². The number of aromatic nitrogens is 2. The molecule has 186 valence electrons. The Balaban J connectivity index is 1.28. The summed E-state index contributed by atoms with van der Waals surface area (Å²) in [5.74, 6) is 3.88. The molecule has 3 aromatic carbocycles. The lowest BCUT2D eigenvalue weighted by atomic mass is 10.1. The van der Waals surface area contributed by atoms with Crippen molar-refractivity contribution in [2.75, 3.05) is 43.6 Å². The third-order valence-corrected chi connectivity index (χ3v) is 7.65. The van der Waals surface area contributed by atoms with Crippen molar-refractivity contribution in [2.24, 2.45) is 0 Å². The van der Waals surface area contributed by atoms with Crippen LogP contribution >= 0.6 is 0 Å². The summed E-state index contributed by atoms with van der Waals surface area (Å²) in [6.45, 7) is 3.21. The maximum Gasteiger partial charge on any atom is 0.141 e. The highest BCUT2D eigenvalue weighted by molar-refractivity contribution is 7.85. The number of nitrogens with zero attached hydrogens (tertiary/aromatic N) is 3. The second-order valence-corrected chi connectivity index (χ2v) is 10.5. The molecule has 1 aliphatic rings. The Bertz CT molecular complexity index is 1320. The molecular formula is C28H30N4O3S. The Morgan fingerprint density at radius 3 is 2.53 bits per heavy atom. The van der Waals surface area contributed by atoms with E-state index in [1.165, 1.54) is 0 Å². The fraction of sp³-hybridized carbons (Fsp3) is 0.286. The number of methoxy groups -OCH3 is 1. The molecule has 1 saturated heterocycles. The first kappa shape index (κ1) is 24.2. The van der Waals surface area contributed by atoms with E-state index in [2.05, 4.69) is 26.3 Å². The number of anilines is 2. The molecule has 8 heteroatoms. The summed E-state index contributed by atoms with van der Waals surface area (Å²) in [5, 5.41) is 4.31. The normalized spacial score (nSPS) is 14.6. The fourth-order valence-electron chi connectivity index (χ4n) is 4.30. The first-order chi connectivity index (χ1) is 17.7. The minimum Gasteiger partial charge on any atom is -0.496 e. The van der Waals surface area contributed by atoms with Gasteiger partial charge in [0.15, 0.2) is 0 Å². The lowest BCUT2D eigenvalue weighted by Crippen LogP contribution is -2.38. The van der Waals surface area contributed by atoms with Crippen molar-refractivity contribution in [3.05, 3.63) is 84.2 Å². The molecule has 0 aliphatic carbocycles. The fourth-order valence-corrected chi connectivity index (χ4v) is 5.43. The Kier molecular flexibility index (Phi) is 7.73. The maximum absolute atomic E-state index is 11.6. The highest BCUT2D eigenvalue weighted by atomic mass is 32.2. The van der Waals surface area contributed by atoms with Gasteiger partial charge in [-0.1, -0.05) is 30.3 Å². The Labute approximate surface area is 213 Å². The van der Waals surface area contributed by atoms with Crippen molar-refractivity contribution in [3.8, 4) is 11.5 Å². The highest BCUT2D eigenvalue weighted by Crippen LogP contribution is 2.31. The van der Waals surface area contributed by atoms with E-state index in [4.69, 9.17) is 9.47 Å². The quantitative estimate of drug-likeness (QED) is 0.359. The lowest BCUT2D eigenvalue weighted by molar-refractivity contribution is 0.301. The molecule has 4 aromatic rings. The number of hydrogen-bond acceptors (Lipinski definition) is 7. The van der Waals surface area contributed by atoms with E-state index in [0.29, 0.717) is 6.61 Å². The molecule has 1 fully saturated rings. The lowest BCUT2D eigenvalue weighted by Gasteiger charge is -2.26. The number of nitrogens with one attached hydrogen (secondary N) is 1. The molecule has 0 amide bonds. The molecular weight excluding hydrogens is 472 g/mol. The van der Waals surface area contributed by atoms with Gasteiger partial charge in [0.25, 0.3) is 0 Å². The van der Waals surface area contributed by atoms with Crippen molar-refractivity contribution >= 4 is 33.2 Å². The summed E-state index contributed by atoms with van der Waals surface area (Å²) >= 11 is 0. The van der Waals surface area contributed by atoms with E-state index in [0.717, 1.165) is 82.6 Å². The van der Waals surface area contributed by atoms with Gasteiger partial charge in [0.1, 0.15) is 30.3 Å². The number of rotatable bonds is 9. The number of hydrogen-bond donors (Lipinski definition) is 1. The number of fused-ring (bicyclic) bond motifs is 1. The van der Waals surface area contributed by atoms with E-state index in [1.807, 2.05) is 60.7 Å². The third kappa shape index (κ3) is 6.01. The van der Waals surface area contributed by atoms with Crippen LogP contribution in [0, 0.1) is 0 Å². The Hall–Kier alpha value is -3.49. The van der Waals surface area contributed by atoms with Gasteiger partial charge in [-0.2, -0.15) is 0 Å². The summed E-state index contributed by atoms with van der Waals surface area (Å²) < 4.78 is 23.3. The van der Waals surface area contributed by atoms with Gasteiger partial charge in [-0.25, -0.2) is 9.97 Å². The van der Waals surface area contributed by atoms with Crippen LogP contribution in [0.15, 0.2) is 73.1 Å². The van der Waals surface area contributed by atoms with Crippen LogP contribution in [0.5, 0.6) is 11.5 Å². The van der Waals surface area contributed by atoms with Crippen LogP contribution in [0.1, 0.15) is 11.1 Å². The zero-order valence-corrected chi connectivity index (χ0v) is 21.2. The van der Waals surface area contributed by atoms with Gasteiger partial charge in [0.05, 0.1) is 12.6 Å². The van der Waals surface area contributed by atoms with Crippen molar-refractivity contribution in [2.45, 2.75) is 13.0 Å². The maximum atomic E-state index is 11.6. The molecule has 36 heavy (non-hydrogen) atoms. The van der Waals surface area contributed by atoms with Crippen molar-refractivity contribution < 1.29 is 13.7 Å². The van der Waals surface area contributed by atoms with Crippen LogP contribution in [0.2, 0.25) is 0 Å². The summed E-state index contributed by atoms with van der Waals surface area (Å²) in [6.07, 6.45) is 2.43. The Morgan fingerprint density at radius 1 is 1.00 bits per heavy atom. The summed E-state index contributed by atoms with van der Waals surface area (Å²) in [4.78, 5) is 11.4. The van der Waals surface area contributed by atoms with Gasteiger partial charge >= 0.3 is 0 Å². The first-order valence-electron chi connectivity index (χ1n) is 12.1. The molecule has 0 atom stereocenters. The topological polar surface area (TPSA) is 76.6 Å². The second-order valence-electron chi connectivity index (χ2n) is 8.77. The first-order valence-corrected chi connectivity index (χ1v) is 13.6. The van der Waals surface area contributed by atoms with Crippen LogP contribution in [-0.4, -0.2) is 57.3 Å². The van der Waals surface area contributed by atoms with Gasteiger partial charge in [-0.05, 0) is 53.9 Å². The second kappa shape index (κ2) is 11.5.